The van der Waals surface area contributed by atoms with E-state index in [9.17, 15) is 23.8 Å². The average molecular weight is 469 g/mol. The summed E-state index contributed by atoms with van der Waals surface area (Å²) in [4.78, 5) is 24.3. The number of carbonyl (C=O) groups is 2. The van der Waals surface area contributed by atoms with Crippen LogP contribution in [0.2, 0.25) is 0 Å². The van der Waals surface area contributed by atoms with Crippen molar-refractivity contribution < 1.29 is 28.2 Å². The molecule has 0 unspecified atom stereocenters. The zero-order valence-corrected chi connectivity index (χ0v) is 18.1. The number of anilines is 1. The Bertz CT molecular complexity index is 1450. The fourth-order valence-corrected chi connectivity index (χ4v) is 4.43. The van der Waals surface area contributed by atoms with Crippen molar-refractivity contribution in [2.75, 3.05) is 5.73 Å². The Hall–Kier alpha value is -3.31. The zero-order chi connectivity index (χ0) is 23.2. The Morgan fingerprint density at radius 1 is 1.00 bits per heavy atom. The Kier molecular flexibility index (Phi) is 5.70. The number of benzene rings is 3. The molecule has 2 aromatic rings. The highest BCUT2D eigenvalue weighted by molar-refractivity contribution is 7.94. The molecule has 0 atom stereocenters. The third-order valence-corrected chi connectivity index (χ3v) is 6.30. The van der Waals surface area contributed by atoms with E-state index >= 15 is 0 Å². The van der Waals surface area contributed by atoms with Crippen molar-refractivity contribution in [3.8, 4) is 22.5 Å². The molecule has 0 aromatic heterocycles. The number of Topliss-reactive ketones (excluding diaryl/α,β-unsaturated/α-hetero) is 1. The number of nitrogen functional groups attached to an aromatic ring is 1. The minimum Gasteiger partial charge on any atom is -0.478 e. The van der Waals surface area contributed by atoms with Gasteiger partial charge in [0.1, 0.15) is 9.79 Å². The molecule has 1 aliphatic heterocycles. The molecule has 10 heteroatoms. The van der Waals surface area contributed by atoms with Gasteiger partial charge in [0.2, 0.25) is 0 Å². The van der Waals surface area contributed by atoms with E-state index in [0.717, 1.165) is 0 Å². The molecule has 0 fully saturated rings. The van der Waals surface area contributed by atoms with E-state index in [1.54, 1.807) is 18.2 Å². The van der Waals surface area contributed by atoms with Gasteiger partial charge in [0, 0.05) is 46.2 Å². The molecule has 162 valence electrons. The van der Waals surface area contributed by atoms with Crippen LogP contribution in [0, 0.1) is 5.41 Å². The monoisotopic (exact) mass is 468 g/mol. The number of carboxylic acid groups (broad SMARTS) is 1. The molecule has 32 heavy (non-hydrogen) atoms. The van der Waals surface area contributed by atoms with Crippen LogP contribution in [0.25, 0.3) is 33.4 Å². The van der Waals surface area contributed by atoms with E-state index in [1.807, 2.05) is 0 Å². The number of carboxylic acids is 1. The van der Waals surface area contributed by atoms with Gasteiger partial charge in [-0.05, 0) is 42.8 Å². The number of nitrogens with two attached hydrogens (primary N) is 1. The zero-order valence-electron chi connectivity index (χ0n) is 16.5. The standard InChI is InChI=1S/C22H16N2O6S2/c1-9(25)10-2-3-11(14(8-10)22(26)27)17-12-4-6-15(23)20(31-28)18(12)30-19-13(17)5-7-16(24)21(19)32-29/h2-8,23,28-29H,24H2,1H3,(H,26,27). The summed E-state index contributed by atoms with van der Waals surface area (Å²) in [5.74, 6) is -1.37. The first-order chi connectivity index (χ1) is 15.3. The summed E-state index contributed by atoms with van der Waals surface area (Å²) in [5.41, 5.74) is 7.75. The van der Waals surface area contributed by atoms with Crippen molar-refractivity contribution in [3.05, 3.63) is 58.9 Å². The summed E-state index contributed by atoms with van der Waals surface area (Å²) >= 11 is 0.705. The van der Waals surface area contributed by atoms with Crippen LogP contribution in [0.1, 0.15) is 27.6 Å². The highest BCUT2D eigenvalue weighted by atomic mass is 32.2. The molecule has 0 spiro atoms. The summed E-state index contributed by atoms with van der Waals surface area (Å²) < 4.78 is 25.6. The van der Waals surface area contributed by atoms with E-state index in [0.29, 0.717) is 46.2 Å². The molecular formula is C22H16N2O6S2. The molecule has 6 N–H and O–H groups in total. The van der Waals surface area contributed by atoms with Gasteiger partial charge in [0.15, 0.2) is 17.1 Å². The van der Waals surface area contributed by atoms with Crippen molar-refractivity contribution in [3.63, 3.8) is 0 Å². The van der Waals surface area contributed by atoms with Gasteiger partial charge in [-0.15, -0.1) is 0 Å². The lowest BCUT2D eigenvalue weighted by Crippen LogP contribution is -2.08. The van der Waals surface area contributed by atoms with Gasteiger partial charge >= 0.3 is 5.97 Å². The first kappa shape index (κ1) is 21.9. The maximum absolute atomic E-state index is 12.1. The van der Waals surface area contributed by atoms with Crippen LogP contribution in [0.4, 0.5) is 5.69 Å². The molecule has 2 aliphatic rings. The van der Waals surface area contributed by atoms with Crippen LogP contribution in [0.3, 0.4) is 0 Å². The highest BCUT2D eigenvalue weighted by Crippen LogP contribution is 2.46. The molecule has 4 rings (SSSR count). The fraction of sp³-hybridized carbons (Fsp3) is 0.0455. The Balaban J connectivity index is 2.25. The molecule has 1 aliphatic carbocycles. The van der Waals surface area contributed by atoms with E-state index in [4.69, 9.17) is 15.6 Å². The van der Waals surface area contributed by atoms with Gasteiger partial charge in [-0.3, -0.25) is 10.2 Å². The van der Waals surface area contributed by atoms with Crippen molar-refractivity contribution in [2.24, 2.45) is 0 Å². The summed E-state index contributed by atoms with van der Waals surface area (Å²) in [6.07, 6.45) is 0. The molecule has 2 aromatic carbocycles. The second-order valence-corrected chi connectivity index (χ2v) is 8.14. The van der Waals surface area contributed by atoms with Gasteiger partial charge in [-0.25, -0.2) is 4.79 Å². The maximum Gasteiger partial charge on any atom is 0.336 e. The SMILES string of the molecule is CC(=O)c1ccc(-c2c3ccc(=N)c(SO)c-3oc3c(SO)c(N)ccc23)c(C(=O)O)c1. The van der Waals surface area contributed by atoms with E-state index < -0.39 is 5.97 Å². The van der Waals surface area contributed by atoms with Crippen molar-refractivity contribution >= 4 is 52.5 Å². The van der Waals surface area contributed by atoms with Crippen LogP contribution in [-0.2, 0) is 0 Å². The number of ketones is 1. The number of nitrogens with one attached hydrogen (secondary N) is 1. The van der Waals surface area contributed by atoms with E-state index in [2.05, 4.69) is 0 Å². The summed E-state index contributed by atoms with van der Waals surface area (Å²) in [6.45, 7) is 1.35. The van der Waals surface area contributed by atoms with Crippen LogP contribution >= 0.6 is 24.1 Å². The summed E-state index contributed by atoms with van der Waals surface area (Å²) in [5, 5.41) is 18.5. The summed E-state index contributed by atoms with van der Waals surface area (Å²) in [6, 6.07) is 10.7. The fourth-order valence-electron chi connectivity index (χ4n) is 3.62. The quantitative estimate of drug-likeness (QED) is 0.113. The minimum atomic E-state index is -1.23. The molecule has 0 amide bonds. The molecule has 8 nitrogen and oxygen atoms in total. The van der Waals surface area contributed by atoms with Crippen molar-refractivity contribution in [2.45, 2.75) is 16.7 Å². The third kappa shape index (κ3) is 3.43. The second-order valence-electron chi connectivity index (χ2n) is 6.96. The van der Waals surface area contributed by atoms with Crippen molar-refractivity contribution in [1.82, 2.24) is 0 Å². The molecule has 0 radical (unpaired) electrons. The predicted octanol–water partition coefficient (Wildman–Crippen LogP) is 5.30. The first-order valence-corrected chi connectivity index (χ1v) is 10.7. The lowest BCUT2D eigenvalue weighted by Gasteiger charge is -2.20. The number of carbonyl (C=O) groups excluding carboxylic acids is 1. The number of hydrogen-bond donors (Lipinski definition) is 5. The molecule has 1 heterocycles. The van der Waals surface area contributed by atoms with Gasteiger partial charge in [0.25, 0.3) is 0 Å². The number of rotatable bonds is 5. The third-order valence-electron chi connectivity index (χ3n) is 5.11. The van der Waals surface area contributed by atoms with Crippen LogP contribution < -0.4 is 11.1 Å². The van der Waals surface area contributed by atoms with Gasteiger partial charge in [0.05, 0.1) is 16.6 Å². The van der Waals surface area contributed by atoms with Crippen LogP contribution in [0.15, 0.2) is 56.7 Å². The molecule has 0 bridgehead atoms. The molecule has 0 saturated carbocycles. The first-order valence-electron chi connectivity index (χ1n) is 9.16. The Labute approximate surface area is 190 Å². The van der Waals surface area contributed by atoms with Crippen LogP contribution in [0.5, 0.6) is 0 Å². The van der Waals surface area contributed by atoms with Gasteiger partial charge in [-0.2, -0.15) is 0 Å². The highest BCUT2D eigenvalue weighted by Gasteiger charge is 2.26. The lowest BCUT2D eigenvalue weighted by molar-refractivity contribution is 0.0697. The normalized spacial score (nSPS) is 11.2. The predicted molar refractivity (Wildman–Crippen MR) is 122 cm³/mol. The van der Waals surface area contributed by atoms with E-state index in [-0.39, 0.29) is 49.1 Å². The van der Waals surface area contributed by atoms with Crippen LogP contribution in [-0.4, -0.2) is 26.0 Å². The average Bonchev–Trinajstić information content (AvgIpc) is 2.77. The maximum atomic E-state index is 12.1. The Morgan fingerprint density at radius 2 is 1.69 bits per heavy atom. The Morgan fingerprint density at radius 3 is 2.31 bits per heavy atom. The minimum absolute atomic E-state index is 0.00606. The lowest BCUT2D eigenvalue weighted by atomic mass is 9.89. The topological polar surface area (TPSA) is 158 Å². The van der Waals surface area contributed by atoms with E-state index in [1.165, 1.54) is 31.2 Å². The molecule has 0 saturated heterocycles. The number of fused-ring (bicyclic) bond motifs is 2. The largest absolute Gasteiger partial charge is 0.478 e. The van der Waals surface area contributed by atoms with Crippen molar-refractivity contribution in [1.29, 1.82) is 5.41 Å². The summed E-state index contributed by atoms with van der Waals surface area (Å²) in [7, 11) is 0. The number of hydrogen-bond acceptors (Lipinski definition) is 9. The number of aromatic carboxylic acids is 1. The van der Waals surface area contributed by atoms with Gasteiger partial charge < -0.3 is 24.4 Å². The van der Waals surface area contributed by atoms with Gasteiger partial charge in [-0.1, -0.05) is 12.1 Å². The molecular weight excluding hydrogens is 452 g/mol. The second kappa shape index (κ2) is 8.32. The smallest absolute Gasteiger partial charge is 0.336 e.